The molecule has 2 N–H and O–H groups in total. The second-order valence-electron chi connectivity index (χ2n) is 12.1. The lowest BCUT2D eigenvalue weighted by Crippen LogP contribution is -2.53. The summed E-state index contributed by atoms with van der Waals surface area (Å²) in [6, 6.07) is 8.83. The van der Waals surface area contributed by atoms with E-state index in [0.29, 0.717) is 42.2 Å². The molecule has 1 aromatic carbocycles. The van der Waals surface area contributed by atoms with Gasteiger partial charge in [0.1, 0.15) is 11.4 Å². The molecule has 0 unspecified atom stereocenters. The number of nitrogens with one attached hydrogen (secondary N) is 2. The van der Waals surface area contributed by atoms with Crippen LogP contribution in [-0.4, -0.2) is 67.8 Å². The Labute approximate surface area is 248 Å². The van der Waals surface area contributed by atoms with E-state index in [2.05, 4.69) is 25.7 Å². The number of carbonyl (C=O) groups excluding carboxylic acids is 2. The molecule has 11 nitrogen and oxygen atoms in total. The average Bonchev–Trinajstić information content (AvgIpc) is 3.61. The minimum absolute atomic E-state index is 0.0741. The van der Waals surface area contributed by atoms with Crippen molar-refractivity contribution in [3.8, 4) is 22.9 Å². The van der Waals surface area contributed by atoms with Gasteiger partial charge in [0.25, 0.3) is 5.91 Å². The number of fused-ring (bicyclic) bond motifs is 1. The summed E-state index contributed by atoms with van der Waals surface area (Å²) in [7, 11) is 0. The fourth-order valence-corrected chi connectivity index (χ4v) is 4.89. The minimum Gasteiger partial charge on any atom is -0.444 e. The van der Waals surface area contributed by atoms with Crippen LogP contribution in [0.5, 0.6) is 11.6 Å². The molecule has 4 aromatic rings. The van der Waals surface area contributed by atoms with E-state index in [-0.39, 0.29) is 35.6 Å². The molecule has 2 fully saturated rings. The molecule has 1 aliphatic carbocycles. The number of nitrogens with zero attached hydrogens (tertiary/aromatic N) is 5. The van der Waals surface area contributed by atoms with Gasteiger partial charge in [-0.2, -0.15) is 0 Å². The molecule has 224 valence electrons. The highest BCUT2D eigenvalue weighted by atomic mass is 19.1. The largest absolute Gasteiger partial charge is 0.444 e. The van der Waals surface area contributed by atoms with Gasteiger partial charge in [-0.15, -0.1) is 5.10 Å². The molecule has 1 saturated carbocycles. The number of pyridine rings is 1. The van der Waals surface area contributed by atoms with Gasteiger partial charge in [-0.25, -0.2) is 18.7 Å². The van der Waals surface area contributed by atoms with Crippen LogP contribution in [0.2, 0.25) is 0 Å². The van der Waals surface area contributed by atoms with Crippen LogP contribution in [0, 0.1) is 18.7 Å². The molecular formula is C31H34FN7O4. The van der Waals surface area contributed by atoms with Crippen molar-refractivity contribution in [2.45, 2.75) is 52.2 Å². The van der Waals surface area contributed by atoms with E-state index < -0.39 is 11.4 Å². The topological polar surface area (TPSA) is 123 Å². The Morgan fingerprint density at radius 1 is 1.09 bits per heavy atom. The number of halogens is 1. The molecule has 0 atom stereocenters. The minimum atomic E-state index is -0.545. The van der Waals surface area contributed by atoms with E-state index >= 15 is 0 Å². The van der Waals surface area contributed by atoms with Crippen LogP contribution in [0.25, 0.3) is 16.9 Å². The van der Waals surface area contributed by atoms with E-state index in [9.17, 15) is 14.0 Å². The van der Waals surface area contributed by atoms with Crippen LogP contribution in [0.1, 0.15) is 49.5 Å². The van der Waals surface area contributed by atoms with Crippen molar-refractivity contribution in [1.82, 2.24) is 29.8 Å². The number of benzene rings is 1. The first-order valence-corrected chi connectivity index (χ1v) is 14.3. The quantitative estimate of drug-likeness (QED) is 0.288. The predicted octanol–water partition coefficient (Wildman–Crippen LogP) is 5.20. The zero-order chi connectivity index (χ0) is 30.3. The fourth-order valence-electron chi connectivity index (χ4n) is 4.89. The van der Waals surface area contributed by atoms with Crippen LogP contribution < -0.4 is 15.4 Å². The number of likely N-dealkylation sites (tertiary alicyclic amines) is 1. The lowest BCUT2D eigenvalue weighted by atomic mass is 10.0. The van der Waals surface area contributed by atoms with Crippen LogP contribution in [-0.2, 0) is 4.74 Å². The lowest BCUT2D eigenvalue weighted by Gasteiger charge is -2.39. The number of amides is 2. The van der Waals surface area contributed by atoms with Gasteiger partial charge in [-0.05, 0) is 58.2 Å². The molecule has 2 aliphatic rings. The summed E-state index contributed by atoms with van der Waals surface area (Å²) in [5.74, 6) is 0.0241. The maximum Gasteiger partial charge on any atom is 0.410 e. The van der Waals surface area contributed by atoms with Crippen molar-refractivity contribution in [1.29, 1.82) is 0 Å². The number of hydrogen-bond donors (Lipinski definition) is 2. The summed E-state index contributed by atoms with van der Waals surface area (Å²) < 4.78 is 26.8. The van der Waals surface area contributed by atoms with Crippen LogP contribution >= 0.6 is 0 Å². The fraction of sp³-hybridized carbons (Fsp3) is 0.387. The van der Waals surface area contributed by atoms with Gasteiger partial charge >= 0.3 is 6.09 Å². The summed E-state index contributed by atoms with van der Waals surface area (Å²) in [6.45, 7) is 9.16. The summed E-state index contributed by atoms with van der Waals surface area (Å²) in [5, 5.41) is 11.1. The molecule has 4 heterocycles. The molecule has 3 aromatic heterocycles. The zero-order valence-corrected chi connectivity index (χ0v) is 24.6. The van der Waals surface area contributed by atoms with Crippen LogP contribution in [0.3, 0.4) is 0 Å². The highest BCUT2D eigenvalue weighted by Gasteiger charge is 2.33. The molecular weight excluding hydrogens is 553 g/mol. The maximum atomic E-state index is 13.8. The van der Waals surface area contributed by atoms with Gasteiger partial charge in [0.05, 0.1) is 30.0 Å². The number of hydrogen-bond acceptors (Lipinski definition) is 8. The van der Waals surface area contributed by atoms with E-state index in [1.54, 1.807) is 21.7 Å². The Hall–Kier alpha value is -4.74. The first kappa shape index (κ1) is 28.4. The Kier molecular flexibility index (Phi) is 7.37. The Morgan fingerprint density at radius 3 is 2.58 bits per heavy atom. The van der Waals surface area contributed by atoms with Crippen molar-refractivity contribution in [3.63, 3.8) is 0 Å². The average molecular weight is 588 g/mol. The second kappa shape index (κ2) is 11.2. The lowest BCUT2D eigenvalue weighted by molar-refractivity contribution is 0.000836. The van der Waals surface area contributed by atoms with Gasteiger partial charge in [0.15, 0.2) is 11.4 Å². The van der Waals surface area contributed by atoms with Gasteiger partial charge in [0, 0.05) is 54.9 Å². The number of rotatable bonds is 8. The Bertz CT molecular complexity index is 1690. The zero-order valence-electron chi connectivity index (χ0n) is 24.6. The van der Waals surface area contributed by atoms with Gasteiger partial charge in [-0.3, -0.25) is 9.78 Å². The number of ether oxygens (including phenoxy) is 2. The summed E-state index contributed by atoms with van der Waals surface area (Å²) >= 11 is 0. The maximum absolute atomic E-state index is 13.8. The first-order chi connectivity index (χ1) is 20.5. The number of carbonyl (C=O) groups is 2. The van der Waals surface area contributed by atoms with Gasteiger partial charge in [-0.1, -0.05) is 6.07 Å². The predicted molar refractivity (Wildman–Crippen MR) is 158 cm³/mol. The van der Waals surface area contributed by atoms with Crippen molar-refractivity contribution in [2.75, 3.05) is 25.0 Å². The highest BCUT2D eigenvalue weighted by Crippen LogP contribution is 2.31. The highest BCUT2D eigenvalue weighted by molar-refractivity contribution is 5.96. The summed E-state index contributed by atoms with van der Waals surface area (Å²) in [5.41, 5.74) is 3.66. The summed E-state index contributed by atoms with van der Waals surface area (Å²) in [4.78, 5) is 35.2. The van der Waals surface area contributed by atoms with E-state index in [1.165, 1.54) is 12.3 Å². The number of aromatic nitrogens is 4. The number of imidazole rings is 1. The van der Waals surface area contributed by atoms with Crippen LogP contribution in [0.4, 0.5) is 14.9 Å². The Morgan fingerprint density at radius 2 is 1.88 bits per heavy atom. The number of anilines is 1. The standard InChI is InChI=1S/C31H34FN7O4/c1-18-9-20(5-8-24(18)29(40)36-22-6-7-22)26-15-35-28-25(34-12-19-16-38(17-19)30(41)43-31(2,3)4)11-27(37-39(26)28)42-23-10-21(32)13-33-14-23/h5,8-11,13-15,19,22,34H,6-7,12,16-17H2,1-4H3,(H,36,40). The van der Waals surface area contributed by atoms with Gasteiger partial charge < -0.3 is 25.0 Å². The Balaban J connectivity index is 1.26. The molecule has 2 amide bonds. The molecule has 1 saturated heterocycles. The molecule has 0 spiro atoms. The van der Waals surface area contributed by atoms with Crippen LogP contribution in [0.15, 0.2) is 48.9 Å². The van der Waals surface area contributed by atoms with Gasteiger partial charge in [0.2, 0.25) is 5.88 Å². The third-order valence-electron chi connectivity index (χ3n) is 7.22. The van der Waals surface area contributed by atoms with E-state index in [4.69, 9.17) is 9.47 Å². The smallest absolute Gasteiger partial charge is 0.410 e. The first-order valence-electron chi connectivity index (χ1n) is 14.3. The van der Waals surface area contributed by atoms with Crippen molar-refractivity contribution in [3.05, 3.63) is 65.9 Å². The van der Waals surface area contributed by atoms with E-state index in [1.807, 2.05) is 45.9 Å². The third-order valence-corrected chi connectivity index (χ3v) is 7.22. The molecule has 12 heteroatoms. The normalized spacial score (nSPS) is 15.2. The molecule has 6 rings (SSSR count). The molecule has 0 bridgehead atoms. The van der Waals surface area contributed by atoms with Crippen molar-refractivity contribution in [2.24, 2.45) is 5.92 Å². The molecule has 43 heavy (non-hydrogen) atoms. The molecule has 1 aliphatic heterocycles. The van der Waals surface area contributed by atoms with E-state index in [0.717, 1.165) is 30.2 Å². The molecule has 0 radical (unpaired) electrons. The summed E-state index contributed by atoms with van der Waals surface area (Å²) in [6.07, 6.45) is 5.94. The second-order valence-corrected chi connectivity index (χ2v) is 12.1. The monoisotopic (exact) mass is 587 g/mol. The van der Waals surface area contributed by atoms with Crippen molar-refractivity contribution >= 4 is 23.3 Å². The third kappa shape index (κ3) is 6.52. The SMILES string of the molecule is Cc1cc(-c2cnc3c(NCC4CN(C(=O)OC(C)(C)C)C4)cc(Oc4cncc(F)c4)nn23)ccc1C(=O)NC1CC1. The van der Waals surface area contributed by atoms with Crippen molar-refractivity contribution < 1.29 is 23.5 Å². The number of aryl methyl sites for hydroxylation is 1.